The van der Waals surface area contributed by atoms with E-state index >= 15 is 0 Å². The number of hydrogen-bond acceptors (Lipinski definition) is 3. The molecule has 1 heterocycles. The first-order valence-corrected chi connectivity index (χ1v) is 6.61. The van der Waals surface area contributed by atoms with Gasteiger partial charge in [-0.25, -0.2) is 0 Å². The average molecular weight is 255 g/mol. The molecule has 0 saturated carbocycles. The SMILES string of the molecule is CC(C)(C)C(=O)OCC(C)(C)C(=O)N1CCCC1. The topological polar surface area (TPSA) is 46.6 Å². The molecule has 1 rings (SSSR count). The number of likely N-dealkylation sites (tertiary alicyclic amines) is 1. The highest BCUT2D eigenvalue weighted by molar-refractivity contribution is 5.83. The van der Waals surface area contributed by atoms with E-state index < -0.39 is 10.8 Å². The van der Waals surface area contributed by atoms with Crippen molar-refractivity contribution in [1.82, 2.24) is 4.90 Å². The first-order chi connectivity index (χ1) is 8.14. The Hall–Kier alpha value is -1.06. The molecule has 0 aromatic rings. The smallest absolute Gasteiger partial charge is 0.311 e. The zero-order valence-corrected chi connectivity index (χ0v) is 12.2. The summed E-state index contributed by atoms with van der Waals surface area (Å²) < 4.78 is 5.27. The number of rotatable bonds is 3. The van der Waals surface area contributed by atoms with E-state index in [9.17, 15) is 9.59 Å². The molecule has 0 aromatic carbocycles. The zero-order chi connectivity index (χ0) is 14.0. The number of carbonyl (C=O) groups excluding carboxylic acids is 2. The second-order valence-electron chi connectivity index (χ2n) is 6.71. The maximum atomic E-state index is 12.3. The van der Waals surface area contributed by atoms with Crippen LogP contribution in [0.3, 0.4) is 0 Å². The van der Waals surface area contributed by atoms with Crippen molar-refractivity contribution in [2.24, 2.45) is 10.8 Å². The van der Waals surface area contributed by atoms with Crippen molar-refractivity contribution < 1.29 is 14.3 Å². The van der Waals surface area contributed by atoms with E-state index in [0.29, 0.717) is 0 Å². The van der Waals surface area contributed by atoms with Crippen LogP contribution >= 0.6 is 0 Å². The van der Waals surface area contributed by atoms with Crippen LogP contribution in [0.15, 0.2) is 0 Å². The fraction of sp³-hybridized carbons (Fsp3) is 0.857. The molecule has 0 unspecified atom stereocenters. The summed E-state index contributed by atoms with van der Waals surface area (Å²) in [5, 5.41) is 0. The van der Waals surface area contributed by atoms with E-state index in [1.807, 2.05) is 39.5 Å². The molecule has 0 aromatic heterocycles. The van der Waals surface area contributed by atoms with Gasteiger partial charge < -0.3 is 9.64 Å². The monoisotopic (exact) mass is 255 g/mol. The summed E-state index contributed by atoms with van der Waals surface area (Å²) in [5.41, 5.74) is -1.15. The lowest BCUT2D eigenvalue weighted by Gasteiger charge is -2.29. The lowest BCUT2D eigenvalue weighted by atomic mass is 9.92. The molecule has 0 N–H and O–H groups in total. The maximum absolute atomic E-state index is 12.3. The number of amides is 1. The van der Waals surface area contributed by atoms with Crippen LogP contribution < -0.4 is 0 Å². The molecule has 18 heavy (non-hydrogen) atoms. The predicted octanol–water partition coefficient (Wildman–Crippen LogP) is 2.22. The third-order valence-corrected chi connectivity index (χ3v) is 3.15. The first kappa shape index (κ1) is 15.0. The van der Waals surface area contributed by atoms with Gasteiger partial charge in [-0.3, -0.25) is 9.59 Å². The van der Waals surface area contributed by atoms with Gasteiger partial charge >= 0.3 is 5.97 Å². The Bertz CT molecular complexity index is 322. The van der Waals surface area contributed by atoms with E-state index in [1.165, 1.54) is 0 Å². The van der Waals surface area contributed by atoms with Gasteiger partial charge in [-0.15, -0.1) is 0 Å². The second kappa shape index (κ2) is 5.29. The highest BCUT2D eigenvalue weighted by Crippen LogP contribution is 2.24. The molecule has 4 heteroatoms. The summed E-state index contributed by atoms with van der Waals surface area (Å²) >= 11 is 0. The van der Waals surface area contributed by atoms with E-state index in [0.717, 1.165) is 25.9 Å². The van der Waals surface area contributed by atoms with Crippen molar-refractivity contribution in [3.63, 3.8) is 0 Å². The maximum Gasteiger partial charge on any atom is 0.311 e. The van der Waals surface area contributed by atoms with Gasteiger partial charge in [0.1, 0.15) is 6.61 Å². The highest BCUT2D eigenvalue weighted by atomic mass is 16.5. The lowest BCUT2D eigenvalue weighted by molar-refractivity contribution is -0.159. The van der Waals surface area contributed by atoms with Crippen molar-refractivity contribution in [1.29, 1.82) is 0 Å². The highest BCUT2D eigenvalue weighted by Gasteiger charge is 2.35. The molecule has 0 bridgehead atoms. The molecule has 1 saturated heterocycles. The van der Waals surface area contributed by atoms with Gasteiger partial charge in [0.2, 0.25) is 5.91 Å². The summed E-state index contributed by atoms with van der Waals surface area (Å²) in [6.45, 7) is 10.9. The van der Waals surface area contributed by atoms with Crippen LogP contribution in [0.25, 0.3) is 0 Å². The van der Waals surface area contributed by atoms with E-state index in [-0.39, 0.29) is 18.5 Å². The van der Waals surface area contributed by atoms with Crippen LogP contribution in [0.2, 0.25) is 0 Å². The van der Waals surface area contributed by atoms with Crippen molar-refractivity contribution in [2.75, 3.05) is 19.7 Å². The zero-order valence-electron chi connectivity index (χ0n) is 12.2. The van der Waals surface area contributed by atoms with E-state index in [2.05, 4.69) is 0 Å². The van der Waals surface area contributed by atoms with Crippen LogP contribution in [0, 0.1) is 10.8 Å². The Labute approximate surface area is 110 Å². The Morgan fingerprint density at radius 2 is 1.56 bits per heavy atom. The predicted molar refractivity (Wildman–Crippen MR) is 70.0 cm³/mol. The van der Waals surface area contributed by atoms with Gasteiger partial charge in [-0.1, -0.05) is 0 Å². The molecule has 1 aliphatic rings. The number of ether oxygens (including phenoxy) is 1. The minimum atomic E-state index is -0.634. The normalized spacial score (nSPS) is 16.8. The largest absolute Gasteiger partial charge is 0.464 e. The molecule has 0 spiro atoms. The standard InChI is InChI=1S/C14H25NO3/c1-13(2,3)12(17)18-10-14(4,5)11(16)15-8-6-7-9-15/h6-10H2,1-5H3. The van der Waals surface area contributed by atoms with Gasteiger partial charge in [-0.05, 0) is 47.5 Å². The lowest BCUT2D eigenvalue weighted by Crippen LogP contribution is -2.42. The fourth-order valence-electron chi connectivity index (χ4n) is 1.87. The van der Waals surface area contributed by atoms with Crippen LogP contribution in [-0.4, -0.2) is 36.5 Å². The Morgan fingerprint density at radius 1 is 1.06 bits per heavy atom. The summed E-state index contributed by atoms with van der Waals surface area (Å²) in [6, 6.07) is 0. The van der Waals surface area contributed by atoms with Gasteiger partial charge in [0.05, 0.1) is 10.8 Å². The molecular formula is C14H25NO3. The molecule has 4 nitrogen and oxygen atoms in total. The number of carbonyl (C=O) groups is 2. The third kappa shape index (κ3) is 3.72. The first-order valence-electron chi connectivity index (χ1n) is 6.61. The van der Waals surface area contributed by atoms with Crippen molar-refractivity contribution in [3.8, 4) is 0 Å². The van der Waals surface area contributed by atoms with Gasteiger partial charge in [-0.2, -0.15) is 0 Å². The number of nitrogens with zero attached hydrogens (tertiary/aromatic N) is 1. The van der Waals surface area contributed by atoms with Crippen LogP contribution in [0.1, 0.15) is 47.5 Å². The molecule has 0 radical (unpaired) electrons. The summed E-state index contributed by atoms with van der Waals surface area (Å²) in [5.74, 6) is -0.175. The Morgan fingerprint density at radius 3 is 2.00 bits per heavy atom. The Kier molecular flexibility index (Phi) is 4.41. The fourth-order valence-corrected chi connectivity index (χ4v) is 1.87. The van der Waals surface area contributed by atoms with E-state index in [4.69, 9.17) is 4.74 Å². The van der Waals surface area contributed by atoms with Crippen LogP contribution in [0.5, 0.6) is 0 Å². The van der Waals surface area contributed by atoms with Gasteiger partial charge in [0.15, 0.2) is 0 Å². The molecule has 1 fully saturated rings. The quantitative estimate of drug-likeness (QED) is 0.726. The summed E-state index contributed by atoms with van der Waals surface area (Å²) in [7, 11) is 0. The van der Waals surface area contributed by atoms with Gasteiger partial charge in [0.25, 0.3) is 0 Å². The third-order valence-electron chi connectivity index (χ3n) is 3.15. The number of esters is 1. The van der Waals surface area contributed by atoms with Crippen LogP contribution in [0.4, 0.5) is 0 Å². The average Bonchev–Trinajstić information content (AvgIpc) is 2.76. The Balaban J connectivity index is 2.53. The molecule has 0 aliphatic carbocycles. The molecule has 104 valence electrons. The van der Waals surface area contributed by atoms with Crippen molar-refractivity contribution >= 4 is 11.9 Å². The summed E-state index contributed by atoms with van der Waals surface area (Å²) in [4.78, 5) is 25.8. The van der Waals surface area contributed by atoms with Crippen LogP contribution in [-0.2, 0) is 14.3 Å². The molecule has 1 aliphatic heterocycles. The van der Waals surface area contributed by atoms with Crippen molar-refractivity contribution in [2.45, 2.75) is 47.5 Å². The summed E-state index contributed by atoms with van der Waals surface area (Å²) in [6.07, 6.45) is 2.15. The second-order valence-corrected chi connectivity index (χ2v) is 6.71. The molecule has 0 atom stereocenters. The minimum Gasteiger partial charge on any atom is -0.464 e. The number of hydrogen-bond donors (Lipinski definition) is 0. The van der Waals surface area contributed by atoms with Gasteiger partial charge in [0, 0.05) is 13.1 Å². The minimum absolute atomic E-state index is 0.0849. The molecular weight excluding hydrogens is 230 g/mol. The van der Waals surface area contributed by atoms with Crippen molar-refractivity contribution in [3.05, 3.63) is 0 Å². The van der Waals surface area contributed by atoms with E-state index in [1.54, 1.807) is 0 Å². The molecule has 1 amide bonds.